The third-order valence-electron chi connectivity index (χ3n) is 7.05. The van der Waals surface area contributed by atoms with Gasteiger partial charge in [-0.25, -0.2) is 9.50 Å². The molecule has 0 bridgehead atoms. The number of fused-ring (bicyclic) bond motifs is 3. The van der Waals surface area contributed by atoms with Crippen molar-refractivity contribution >= 4 is 28.2 Å². The summed E-state index contributed by atoms with van der Waals surface area (Å²) in [5.74, 6) is 1.08. The highest BCUT2D eigenvalue weighted by molar-refractivity contribution is 6.30. The van der Waals surface area contributed by atoms with Gasteiger partial charge < -0.3 is 9.30 Å². The van der Waals surface area contributed by atoms with Crippen LogP contribution in [-0.2, 0) is 11.3 Å². The number of halogens is 1. The molecule has 4 aromatic rings. The fourth-order valence-electron chi connectivity index (χ4n) is 5.09. The van der Waals surface area contributed by atoms with Crippen LogP contribution in [0.5, 0.6) is 0 Å². The molecule has 0 N–H and O–H groups in total. The standard InChI is InChI=1S/C25H27ClN4O2/c1-15-5-4-6-21(16(15)2)29-12-11-22-19(25(29)31)13-27-24-23(17-7-9-18(26)10-8-17)20(14-32-3)28-30(22)24/h7-13,15-16,21H,4-6,14H2,1-3H3/t15-,16+,21+/m0/s1. The summed E-state index contributed by atoms with van der Waals surface area (Å²) in [6.45, 7) is 4.89. The Bertz CT molecular complexity index is 1340. The van der Waals surface area contributed by atoms with E-state index < -0.39 is 0 Å². The van der Waals surface area contributed by atoms with Gasteiger partial charge in [-0.3, -0.25) is 4.79 Å². The zero-order chi connectivity index (χ0) is 22.4. The van der Waals surface area contributed by atoms with Gasteiger partial charge in [-0.15, -0.1) is 0 Å². The van der Waals surface area contributed by atoms with Crippen molar-refractivity contribution in [1.29, 1.82) is 0 Å². The van der Waals surface area contributed by atoms with Crippen LogP contribution >= 0.6 is 11.6 Å². The van der Waals surface area contributed by atoms with Crippen molar-refractivity contribution in [3.05, 3.63) is 63.8 Å². The summed E-state index contributed by atoms with van der Waals surface area (Å²) in [6.07, 6.45) is 7.04. The average Bonchev–Trinajstić information content (AvgIpc) is 3.15. The maximum Gasteiger partial charge on any atom is 0.261 e. The average molecular weight is 451 g/mol. The molecule has 0 amide bonds. The molecular formula is C25H27ClN4O2. The van der Waals surface area contributed by atoms with Crippen molar-refractivity contribution in [3.63, 3.8) is 0 Å². The number of pyridine rings is 1. The normalized spacial score (nSPS) is 21.4. The smallest absolute Gasteiger partial charge is 0.261 e. The molecule has 0 aliphatic heterocycles. The lowest BCUT2D eigenvalue weighted by atomic mass is 9.78. The van der Waals surface area contributed by atoms with Crippen molar-refractivity contribution in [1.82, 2.24) is 19.2 Å². The highest BCUT2D eigenvalue weighted by Crippen LogP contribution is 2.37. The maximum atomic E-state index is 13.5. The first-order valence-electron chi connectivity index (χ1n) is 11.2. The molecule has 32 heavy (non-hydrogen) atoms. The molecule has 166 valence electrons. The highest BCUT2D eigenvalue weighted by Gasteiger charge is 2.29. The van der Waals surface area contributed by atoms with Gasteiger partial charge >= 0.3 is 0 Å². The minimum absolute atomic E-state index is 0.000292. The van der Waals surface area contributed by atoms with Gasteiger partial charge in [0.2, 0.25) is 0 Å². The van der Waals surface area contributed by atoms with E-state index in [-0.39, 0.29) is 11.6 Å². The van der Waals surface area contributed by atoms with E-state index in [1.807, 2.05) is 41.1 Å². The molecular weight excluding hydrogens is 424 g/mol. The topological polar surface area (TPSA) is 61.4 Å². The van der Waals surface area contributed by atoms with Crippen LogP contribution in [0.1, 0.15) is 44.8 Å². The number of rotatable bonds is 4. The maximum absolute atomic E-state index is 13.5. The molecule has 1 aliphatic carbocycles. The predicted octanol–water partition coefficient (Wildman–Crippen LogP) is 5.51. The SMILES string of the molecule is COCc1nn2c(ncc3c(=O)n([C@@H]4CCC[C@H](C)[C@H]4C)ccc32)c1-c1ccc(Cl)cc1. The van der Waals surface area contributed by atoms with Crippen LogP contribution in [0.25, 0.3) is 27.7 Å². The van der Waals surface area contributed by atoms with Gasteiger partial charge in [0.15, 0.2) is 5.65 Å². The van der Waals surface area contributed by atoms with Crippen LogP contribution in [0.15, 0.2) is 47.5 Å². The molecule has 1 aliphatic rings. The molecule has 3 atom stereocenters. The number of hydrogen-bond acceptors (Lipinski definition) is 4. The van der Waals surface area contributed by atoms with E-state index in [9.17, 15) is 4.79 Å². The molecule has 3 heterocycles. The molecule has 3 aromatic heterocycles. The largest absolute Gasteiger partial charge is 0.378 e. The Morgan fingerprint density at radius 3 is 2.69 bits per heavy atom. The third kappa shape index (κ3) is 3.42. The van der Waals surface area contributed by atoms with Crippen LogP contribution in [0.3, 0.4) is 0 Å². The molecule has 7 heteroatoms. The van der Waals surface area contributed by atoms with E-state index in [0.717, 1.165) is 35.2 Å². The van der Waals surface area contributed by atoms with Crippen LogP contribution < -0.4 is 5.56 Å². The van der Waals surface area contributed by atoms with Crippen molar-refractivity contribution in [2.75, 3.05) is 7.11 Å². The molecule has 0 spiro atoms. The third-order valence-corrected chi connectivity index (χ3v) is 7.30. The minimum Gasteiger partial charge on any atom is -0.378 e. The first kappa shape index (κ1) is 21.2. The fraction of sp³-hybridized carbons (Fsp3) is 0.400. The van der Waals surface area contributed by atoms with E-state index >= 15 is 0 Å². The lowest BCUT2D eigenvalue weighted by Crippen LogP contribution is -2.33. The Labute approximate surface area is 191 Å². The lowest BCUT2D eigenvalue weighted by Gasteiger charge is -2.35. The van der Waals surface area contributed by atoms with E-state index in [0.29, 0.717) is 34.5 Å². The van der Waals surface area contributed by atoms with Gasteiger partial charge in [0.1, 0.15) is 0 Å². The molecule has 0 radical (unpaired) electrons. The van der Waals surface area contributed by atoms with Crippen LogP contribution in [0.4, 0.5) is 0 Å². The van der Waals surface area contributed by atoms with Gasteiger partial charge in [0.05, 0.1) is 28.8 Å². The Balaban J connectivity index is 1.70. The molecule has 5 rings (SSSR count). The first-order chi connectivity index (χ1) is 15.5. The van der Waals surface area contributed by atoms with Crippen molar-refractivity contribution in [2.24, 2.45) is 11.8 Å². The number of aromatic nitrogens is 4. The number of hydrogen-bond donors (Lipinski definition) is 0. The van der Waals surface area contributed by atoms with E-state index in [4.69, 9.17) is 26.4 Å². The summed E-state index contributed by atoms with van der Waals surface area (Å²) in [6, 6.07) is 9.82. The predicted molar refractivity (Wildman–Crippen MR) is 127 cm³/mol. The zero-order valence-electron chi connectivity index (χ0n) is 18.6. The van der Waals surface area contributed by atoms with Gasteiger partial charge in [-0.05, 0) is 42.0 Å². The van der Waals surface area contributed by atoms with Gasteiger partial charge in [-0.1, -0.05) is 50.4 Å². The quantitative estimate of drug-likeness (QED) is 0.411. The Morgan fingerprint density at radius 2 is 1.94 bits per heavy atom. The molecule has 1 aromatic carbocycles. The van der Waals surface area contributed by atoms with Crippen LogP contribution in [0, 0.1) is 11.8 Å². The van der Waals surface area contributed by atoms with Crippen LogP contribution in [0.2, 0.25) is 5.02 Å². The second-order valence-corrected chi connectivity index (χ2v) is 9.35. The fourth-order valence-corrected chi connectivity index (χ4v) is 5.21. The number of methoxy groups -OCH3 is 1. The molecule has 1 fully saturated rings. The number of nitrogens with zero attached hydrogens (tertiary/aromatic N) is 4. The lowest BCUT2D eigenvalue weighted by molar-refractivity contribution is 0.181. The summed E-state index contributed by atoms with van der Waals surface area (Å²) in [5, 5.41) is 6.04. The first-order valence-corrected chi connectivity index (χ1v) is 11.5. The minimum atomic E-state index is -0.000292. The Kier molecular flexibility index (Phi) is 5.51. The van der Waals surface area contributed by atoms with Crippen molar-refractivity contribution in [2.45, 2.75) is 45.8 Å². The number of benzene rings is 1. The molecule has 6 nitrogen and oxygen atoms in total. The van der Waals surface area contributed by atoms with Crippen molar-refractivity contribution in [3.8, 4) is 11.1 Å². The summed E-state index contributed by atoms with van der Waals surface area (Å²) in [4.78, 5) is 18.2. The summed E-state index contributed by atoms with van der Waals surface area (Å²) in [5.41, 5.74) is 4.08. The van der Waals surface area contributed by atoms with Crippen molar-refractivity contribution < 1.29 is 4.74 Å². The molecule has 1 saturated carbocycles. The van der Waals surface area contributed by atoms with E-state index in [1.54, 1.807) is 17.8 Å². The Hall–Kier alpha value is -2.70. The number of ether oxygens (including phenoxy) is 1. The molecule has 0 unspecified atom stereocenters. The summed E-state index contributed by atoms with van der Waals surface area (Å²) >= 11 is 6.09. The summed E-state index contributed by atoms with van der Waals surface area (Å²) < 4.78 is 9.09. The second kappa shape index (κ2) is 8.34. The monoisotopic (exact) mass is 450 g/mol. The summed E-state index contributed by atoms with van der Waals surface area (Å²) in [7, 11) is 1.65. The second-order valence-electron chi connectivity index (χ2n) is 8.92. The zero-order valence-corrected chi connectivity index (χ0v) is 19.3. The van der Waals surface area contributed by atoms with E-state index in [1.165, 1.54) is 6.42 Å². The van der Waals surface area contributed by atoms with Gasteiger partial charge in [-0.2, -0.15) is 5.10 Å². The van der Waals surface area contributed by atoms with Crippen LogP contribution in [-0.4, -0.2) is 26.3 Å². The highest BCUT2D eigenvalue weighted by atomic mass is 35.5. The molecule has 0 saturated heterocycles. The van der Waals surface area contributed by atoms with Gasteiger partial charge in [0, 0.05) is 30.6 Å². The Morgan fingerprint density at radius 1 is 1.16 bits per heavy atom. The van der Waals surface area contributed by atoms with E-state index in [2.05, 4.69) is 13.8 Å². The van der Waals surface area contributed by atoms with Gasteiger partial charge in [0.25, 0.3) is 5.56 Å².